The molecule has 1 fully saturated rings. The summed E-state index contributed by atoms with van der Waals surface area (Å²) < 4.78 is 1.91. The number of hydrogen-bond donors (Lipinski definition) is 1. The SMILES string of the molecule is Cc1c(CNC2=NCC(C3CC3)S2)cnn1C. The third-order valence-corrected chi connectivity index (χ3v) is 4.93. The molecule has 1 aliphatic carbocycles. The van der Waals surface area contributed by atoms with Crippen molar-refractivity contribution in [2.45, 2.75) is 31.6 Å². The Morgan fingerprint density at radius 3 is 3.00 bits per heavy atom. The standard InChI is InChI=1S/C12H18N4S/c1-8-10(6-15-16(8)2)5-13-12-14-7-11(17-12)9-3-4-9/h6,9,11H,3-5,7H2,1-2H3,(H,13,14). The fourth-order valence-corrected chi connectivity index (χ4v) is 3.30. The van der Waals surface area contributed by atoms with E-state index in [0.29, 0.717) is 0 Å². The van der Waals surface area contributed by atoms with Gasteiger partial charge in [-0.25, -0.2) is 0 Å². The molecule has 1 unspecified atom stereocenters. The monoisotopic (exact) mass is 250 g/mol. The largest absolute Gasteiger partial charge is 0.361 e. The lowest BCUT2D eigenvalue weighted by molar-refractivity contribution is 0.736. The third-order valence-electron chi connectivity index (χ3n) is 3.59. The van der Waals surface area contributed by atoms with Crippen molar-refractivity contribution in [2.75, 3.05) is 6.54 Å². The Labute approximate surface area is 106 Å². The minimum absolute atomic E-state index is 0.743. The first-order valence-corrected chi connectivity index (χ1v) is 7.04. The van der Waals surface area contributed by atoms with E-state index in [0.717, 1.165) is 29.4 Å². The molecular weight excluding hydrogens is 232 g/mol. The van der Waals surface area contributed by atoms with Gasteiger partial charge < -0.3 is 5.32 Å². The predicted octanol–water partition coefficient (Wildman–Crippen LogP) is 1.70. The van der Waals surface area contributed by atoms with E-state index in [-0.39, 0.29) is 0 Å². The second-order valence-electron chi connectivity index (χ2n) is 4.87. The number of aromatic nitrogens is 2. The first kappa shape index (κ1) is 11.1. The van der Waals surface area contributed by atoms with Crippen LogP contribution in [0.25, 0.3) is 0 Å². The van der Waals surface area contributed by atoms with Crippen LogP contribution < -0.4 is 5.32 Å². The molecule has 0 aromatic carbocycles. The molecule has 0 radical (unpaired) electrons. The Kier molecular flexibility index (Phi) is 2.86. The zero-order valence-corrected chi connectivity index (χ0v) is 11.1. The van der Waals surface area contributed by atoms with E-state index >= 15 is 0 Å². The lowest BCUT2D eigenvalue weighted by Gasteiger charge is -2.07. The molecule has 2 aliphatic rings. The van der Waals surface area contributed by atoms with Crippen LogP contribution in [0, 0.1) is 12.8 Å². The summed E-state index contributed by atoms with van der Waals surface area (Å²) in [5.74, 6) is 0.933. The lowest BCUT2D eigenvalue weighted by Crippen LogP contribution is -2.19. The van der Waals surface area contributed by atoms with E-state index in [4.69, 9.17) is 0 Å². The highest BCUT2D eigenvalue weighted by Crippen LogP contribution is 2.41. The summed E-state index contributed by atoms with van der Waals surface area (Å²) in [6.07, 6.45) is 4.74. The van der Waals surface area contributed by atoms with Gasteiger partial charge >= 0.3 is 0 Å². The number of nitrogens with zero attached hydrogens (tertiary/aromatic N) is 3. The molecule has 0 spiro atoms. The number of thioether (sulfide) groups is 1. The van der Waals surface area contributed by atoms with E-state index in [9.17, 15) is 0 Å². The lowest BCUT2D eigenvalue weighted by atomic mass is 10.2. The van der Waals surface area contributed by atoms with Gasteiger partial charge in [-0.3, -0.25) is 9.67 Å². The van der Waals surface area contributed by atoms with E-state index in [1.54, 1.807) is 0 Å². The summed E-state index contributed by atoms with van der Waals surface area (Å²) in [7, 11) is 1.98. The maximum Gasteiger partial charge on any atom is 0.157 e. The Balaban J connectivity index is 1.53. The number of hydrogen-bond acceptors (Lipinski definition) is 4. The molecule has 3 rings (SSSR count). The normalized spacial score (nSPS) is 23.9. The Hall–Kier alpha value is -0.970. The smallest absolute Gasteiger partial charge is 0.157 e. The fraction of sp³-hybridized carbons (Fsp3) is 0.667. The molecular formula is C12H18N4S. The highest BCUT2D eigenvalue weighted by Gasteiger charge is 2.35. The molecule has 0 saturated heterocycles. The van der Waals surface area contributed by atoms with Crippen LogP contribution in [-0.4, -0.2) is 26.7 Å². The summed E-state index contributed by atoms with van der Waals surface area (Å²) >= 11 is 1.92. The Morgan fingerprint density at radius 1 is 1.53 bits per heavy atom. The van der Waals surface area contributed by atoms with Gasteiger partial charge in [0, 0.05) is 30.1 Å². The molecule has 1 saturated carbocycles. The van der Waals surface area contributed by atoms with Gasteiger partial charge in [0.1, 0.15) is 0 Å². The molecule has 0 bridgehead atoms. The quantitative estimate of drug-likeness (QED) is 0.888. The fourth-order valence-electron chi connectivity index (χ4n) is 2.09. The summed E-state index contributed by atoms with van der Waals surface area (Å²) in [6.45, 7) is 3.94. The van der Waals surface area contributed by atoms with Crippen molar-refractivity contribution in [3.63, 3.8) is 0 Å². The summed E-state index contributed by atoms with van der Waals surface area (Å²) in [4.78, 5) is 4.57. The molecule has 5 heteroatoms. The van der Waals surface area contributed by atoms with Crippen molar-refractivity contribution in [1.29, 1.82) is 0 Å². The van der Waals surface area contributed by atoms with Gasteiger partial charge in [-0.2, -0.15) is 5.10 Å². The summed E-state index contributed by atoms with van der Waals surface area (Å²) in [5, 5.41) is 9.53. The number of nitrogens with one attached hydrogen (secondary N) is 1. The van der Waals surface area contributed by atoms with Crippen LogP contribution in [0.2, 0.25) is 0 Å². The van der Waals surface area contributed by atoms with Crippen LogP contribution in [0.5, 0.6) is 0 Å². The third kappa shape index (κ3) is 2.34. The van der Waals surface area contributed by atoms with Gasteiger partial charge in [0.2, 0.25) is 0 Å². The number of rotatable bonds is 3. The molecule has 92 valence electrons. The molecule has 1 aromatic heterocycles. The van der Waals surface area contributed by atoms with Gasteiger partial charge in [-0.15, -0.1) is 0 Å². The Morgan fingerprint density at radius 2 is 2.35 bits per heavy atom. The average molecular weight is 250 g/mol. The van der Waals surface area contributed by atoms with Crippen LogP contribution in [0.1, 0.15) is 24.1 Å². The van der Waals surface area contributed by atoms with Gasteiger partial charge in [-0.05, 0) is 25.7 Å². The van der Waals surface area contributed by atoms with Crippen LogP contribution in [0.4, 0.5) is 0 Å². The number of aryl methyl sites for hydroxylation is 1. The first-order chi connectivity index (χ1) is 8.24. The maximum atomic E-state index is 4.57. The zero-order valence-electron chi connectivity index (χ0n) is 10.3. The van der Waals surface area contributed by atoms with Crippen LogP contribution >= 0.6 is 11.8 Å². The van der Waals surface area contributed by atoms with Gasteiger partial charge in [0.25, 0.3) is 0 Å². The molecule has 17 heavy (non-hydrogen) atoms. The van der Waals surface area contributed by atoms with Gasteiger partial charge in [0.15, 0.2) is 5.17 Å². The van der Waals surface area contributed by atoms with E-state index < -0.39 is 0 Å². The highest BCUT2D eigenvalue weighted by molar-refractivity contribution is 8.14. The van der Waals surface area contributed by atoms with Crippen molar-refractivity contribution in [1.82, 2.24) is 15.1 Å². The van der Waals surface area contributed by atoms with Gasteiger partial charge in [0.05, 0.1) is 12.7 Å². The van der Waals surface area contributed by atoms with E-state index in [2.05, 4.69) is 22.3 Å². The van der Waals surface area contributed by atoms with Crippen molar-refractivity contribution < 1.29 is 0 Å². The molecule has 2 heterocycles. The summed E-state index contributed by atoms with van der Waals surface area (Å²) in [5.41, 5.74) is 2.48. The minimum Gasteiger partial charge on any atom is -0.361 e. The van der Waals surface area contributed by atoms with E-state index in [1.807, 2.05) is 29.7 Å². The predicted molar refractivity (Wildman–Crippen MR) is 71.2 cm³/mol. The van der Waals surface area contributed by atoms with Crippen LogP contribution in [0.15, 0.2) is 11.2 Å². The topological polar surface area (TPSA) is 42.2 Å². The second-order valence-corrected chi connectivity index (χ2v) is 6.10. The number of aliphatic imine (C=N–C) groups is 1. The average Bonchev–Trinajstić information content (AvgIpc) is 3.00. The van der Waals surface area contributed by atoms with Crippen molar-refractivity contribution in [3.05, 3.63) is 17.5 Å². The van der Waals surface area contributed by atoms with Crippen LogP contribution in [-0.2, 0) is 13.6 Å². The van der Waals surface area contributed by atoms with Crippen molar-refractivity contribution in [2.24, 2.45) is 18.0 Å². The molecule has 0 amide bonds. The zero-order chi connectivity index (χ0) is 11.8. The first-order valence-electron chi connectivity index (χ1n) is 6.16. The second kappa shape index (κ2) is 4.37. The highest BCUT2D eigenvalue weighted by atomic mass is 32.2. The molecule has 4 nitrogen and oxygen atoms in total. The molecule has 1 atom stereocenters. The van der Waals surface area contributed by atoms with Crippen molar-refractivity contribution in [3.8, 4) is 0 Å². The molecule has 1 aliphatic heterocycles. The molecule has 1 N–H and O–H groups in total. The Bertz CT molecular complexity index is 447. The van der Waals surface area contributed by atoms with Crippen LogP contribution in [0.3, 0.4) is 0 Å². The van der Waals surface area contributed by atoms with Crippen molar-refractivity contribution >= 4 is 16.9 Å². The van der Waals surface area contributed by atoms with E-state index in [1.165, 1.54) is 24.1 Å². The number of amidine groups is 1. The molecule has 1 aromatic rings. The van der Waals surface area contributed by atoms with Gasteiger partial charge in [-0.1, -0.05) is 11.8 Å². The summed E-state index contributed by atoms with van der Waals surface area (Å²) in [6, 6.07) is 0. The minimum atomic E-state index is 0.743. The maximum absolute atomic E-state index is 4.57.